The van der Waals surface area contributed by atoms with Gasteiger partial charge in [-0.15, -0.1) is 0 Å². The molecule has 2 heteroatoms. The average Bonchev–Trinajstić information content (AvgIpc) is 2.29. The van der Waals surface area contributed by atoms with Crippen molar-refractivity contribution in [2.24, 2.45) is 5.92 Å². The molecule has 2 rings (SSSR count). The minimum absolute atomic E-state index is 0.407. The van der Waals surface area contributed by atoms with Crippen LogP contribution in [-0.4, -0.2) is 18.7 Å². The highest BCUT2D eigenvalue weighted by atomic mass is 16.5. The van der Waals surface area contributed by atoms with Crippen LogP contribution in [0.4, 0.5) is 0 Å². The molecule has 3 unspecified atom stereocenters. The molecular weight excluding hydrogens is 186 g/mol. The summed E-state index contributed by atoms with van der Waals surface area (Å²) in [5.74, 6) is 0.845. The second-order valence-electron chi connectivity index (χ2n) is 4.98. The molecule has 1 saturated carbocycles. The van der Waals surface area contributed by atoms with E-state index in [-0.39, 0.29) is 0 Å². The molecule has 1 heterocycles. The Labute approximate surface area is 93.1 Å². The first-order chi connectivity index (χ1) is 7.36. The number of ether oxygens (including phenoxy) is 1. The Hall–Kier alpha value is -0.500. The van der Waals surface area contributed by atoms with Gasteiger partial charge in [-0.2, -0.15) is 0 Å². The number of allylic oxidation sites excluding steroid dienone is 1. The summed E-state index contributed by atoms with van der Waals surface area (Å²) in [5.41, 5.74) is 0. The monoisotopic (exact) mass is 209 g/mol. The largest absolute Gasteiger partial charge is 0.497 e. The van der Waals surface area contributed by atoms with E-state index in [2.05, 4.69) is 18.3 Å². The van der Waals surface area contributed by atoms with Crippen LogP contribution in [0.2, 0.25) is 0 Å². The van der Waals surface area contributed by atoms with Crippen molar-refractivity contribution in [1.82, 2.24) is 5.32 Å². The van der Waals surface area contributed by atoms with Gasteiger partial charge in [0.2, 0.25) is 0 Å². The summed E-state index contributed by atoms with van der Waals surface area (Å²) in [7, 11) is 0. The maximum Gasteiger partial charge on any atom is 0.110 e. The van der Waals surface area contributed by atoms with E-state index >= 15 is 0 Å². The number of nitrogens with one attached hydrogen (secondary N) is 1. The quantitative estimate of drug-likeness (QED) is 0.771. The van der Waals surface area contributed by atoms with Crippen LogP contribution in [0.5, 0.6) is 0 Å². The van der Waals surface area contributed by atoms with Crippen molar-refractivity contribution in [1.29, 1.82) is 0 Å². The molecule has 1 fully saturated rings. The zero-order valence-corrected chi connectivity index (χ0v) is 9.74. The minimum atomic E-state index is 0.407. The molecule has 0 aromatic carbocycles. The molecule has 0 radical (unpaired) electrons. The van der Waals surface area contributed by atoms with E-state index in [1.165, 1.54) is 38.5 Å². The Kier molecular flexibility index (Phi) is 4.07. The number of rotatable bonds is 3. The molecule has 1 aliphatic heterocycles. The summed E-state index contributed by atoms with van der Waals surface area (Å²) in [4.78, 5) is 0. The smallest absolute Gasteiger partial charge is 0.110 e. The second kappa shape index (κ2) is 5.55. The minimum Gasteiger partial charge on any atom is -0.497 e. The van der Waals surface area contributed by atoms with Gasteiger partial charge in [0.1, 0.15) is 6.10 Å². The predicted molar refractivity (Wildman–Crippen MR) is 62.7 cm³/mol. The molecule has 2 nitrogen and oxygen atoms in total. The third-order valence-electron chi connectivity index (χ3n) is 3.74. The van der Waals surface area contributed by atoms with Gasteiger partial charge >= 0.3 is 0 Å². The van der Waals surface area contributed by atoms with Gasteiger partial charge in [-0.25, -0.2) is 0 Å². The first kappa shape index (κ1) is 11.0. The lowest BCUT2D eigenvalue weighted by atomic mass is 9.86. The fourth-order valence-corrected chi connectivity index (χ4v) is 2.64. The van der Waals surface area contributed by atoms with E-state index in [1.54, 1.807) is 0 Å². The predicted octanol–water partition coefficient (Wildman–Crippen LogP) is 2.85. The van der Waals surface area contributed by atoms with Crippen molar-refractivity contribution in [2.75, 3.05) is 6.54 Å². The molecule has 0 spiro atoms. The second-order valence-corrected chi connectivity index (χ2v) is 4.98. The molecule has 0 aromatic heterocycles. The lowest BCUT2D eigenvalue weighted by Crippen LogP contribution is -2.41. The summed E-state index contributed by atoms with van der Waals surface area (Å²) >= 11 is 0. The summed E-state index contributed by atoms with van der Waals surface area (Å²) in [6.07, 6.45) is 12.3. The van der Waals surface area contributed by atoms with Crippen molar-refractivity contribution in [2.45, 2.75) is 57.6 Å². The summed E-state index contributed by atoms with van der Waals surface area (Å²) in [5, 5.41) is 3.68. The third kappa shape index (κ3) is 3.23. The highest BCUT2D eigenvalue weighted by Gasteiger charge is 2.22. The van der Waals surface area contributed by atoms with Gasteiger partial charge in [0.05, 0.1) is 6.26 Å². The standard InChI is InChI=1S/C13H23NO/c1-11-6-2-3-8-13(11)14-10-12-7-4-5-9-15-12/h5,9,11-14H,2-4,6-8,10H2,1H3. The molecule has 0 saturated heterocycles. The Balaban J connectivity index is 1.69. The van der Waals surface area contributed by atoms with E-state index in [1.807, 2.05) is 6.26 Å². The van der Waals surface area contributed by atoms with Crippen molar-refractivity contribution >= 4 is 0 Å². The van der Waals surface area contributed by atoms with Crippen LogP contribution < -0.4 is 5.32 Å². The van der Waals surface area contributed by atoms with Gasteiger partial charge in [0.25, 0.3) is 0 Å². The van der Waals surface area contributed by atoms with Crippen LogP contribution in [0.25, 0.3) is 0 Å². The van der Waals surface area contributed by atoms with E-state index in [9.17, 15) is 0 Å². The zero-order valence-electron chi connectivity index (χ0n) is 9.74. The summed E-state index contributed by atoms with van der Waals surface area (Å²) in [6.45, 7) is 3.40. The van der Waals surface area contributed by atoms with Crippen molar-refractivity contribution in [3.05, 3.63) is 12.3 Å². The highest BCUT2D eigenvalue weighted by Crippen LogP contribution is 2.23. The van der Waals surface area contributed by atoms with Gasteiger partial charge in [0.15, 0.2) is 0 Å². The van der Waals surface area contributed by atoms with Crippen LogP contribution >= 0.6 is 0 Å². The fourth-order valence-electron chi connectivity index (χ4n) is 2.64. The molecule has 0 bridgehead atoms. The normalized spacial score (nSPS) is 36.2. The third-order valence-corrected chi connectivity index (χ3v) is 3.74. The Bertz CT molecular complexity index is 215. The van der Waals surface area contributed by atoms with E-state index < -0.39 is 0 Å². The molecule has 86 valence electrons. The summed E-state index contributed by atoms with van der Waals surface area (Å²) in [6, 6.07) is 0.730. The first-order valence-electron chi connectivity index (χ1n) is 6.40. The molecule has 0 aromatic rings. The Morgan fingerprint density at radius 1 is 1.27 bits per heavy atom. The zero-order chi connectivity index (χ0) is 10.5. The van der Waals surface area contributed by atoms with Gasteiger partial charge in [-0.3, -0.25) is 0 Å². The molecule has 15 heavy (non-hydrogen) atoms. The molecular formula is C13H23NO. The van der Waals surface area contributed by atoms with Crippen LogP contribution in [0, 0.1) is 5.92 Å². The van der Waals surface area contributed by atoms with Crippen LogP contribution in [-0.2, 0) is 4.74 Å². The van der Waals surface area contributed by atoms with Gasteiger partial charge in [0, 0.05) is 12.6 Å². The van der Waals surface area contributed by atoms with Crippen LogP contribution in [0.1, 0.15) is 45.4 Å². The Morgan fingerprint density at radius 3 is 2.87 bits per heavy atom. The van der Waals surface area contributed by atoms with E-state index in [0.717, 1.165) is 18.5 Å². The van der Waals surface area contributed by atoms with Gasteiger partial charge < -0.3 is 10.1 Å². The van der Waals surface area contributed by atoms with Crippen molar-refractivity contribution < 1.29 is 4.74 Å². The van der Waals surface area contributed by atoms with Crippen LogP contribution in [0.3, 0.4) is 0 Å². The lowest BCUT2D eigenvalue weighted by molar-refractivity contribution is 0.113. The number of hydrogen-bond acceptors (Lipinski definition) is 2. The molecule has 1 N–H and O–H groups in total. The van der Waals surface area contributed by atoms with E-state index in [0.29, 0.717) is 6.10 Å². The average molecular weight is 209 g/mol. The molecule has 0 amide bonds. The first-order valence-corrected chi connectivity index (χ1v) is 6.40. The van der Waals surface area contributed by atoms with Gasteiger partial charge in [-0.05, 0) is 37.7 Å². The van der Waals surface area contributed by atoms with Crippen molar-refractivity contribution in [3.63, 3.8) is 0 Å². The maximum atomic E-state index is 5.56. The van der Waals surface area contributed by atoms with Gasteiger partial charge in [-0.1, -0.05) is 19.8 Å². The SMILES string of the molecule is CC1CCCCC1NCC1CCC=CO1. The van der Waals surface area contributed by atoms with Crippen LogP contribution in [0.15, 0.2) is 12.3 Å². The topological polar surface area (TPSA) is 21.3 Å². The maximum absolute atomic E-state index is 5.56. The van der Waals surface area contributed by atoms with E-state index in [4.69, 9.17) is 4.74 Å². The lowest BCUT2D eigenvalue weighted by Gasteiger charge is -2.31. The Morgan fingerprint density at radius 2 is 2.13 bits per heavy atom. The highest BCUT2D eigenvalue weighted by molar-refractivity contribution is 4.85. The molecule has 3 atom stereocenters. The fraction of sp³-hybridized carbons (Fsp3) is 0.846. The molecule has 1 aliphatic carbocycles. The van der Waals surface area contributed by atoms with Crippen molar-refractivity contribution in [3.8, 4) is 0 Å². The summed E-state index contributed by atoms with van der Waals surface area (Å²) < 4.78 is 5.56. The number of hydrogen-bond donors (Lipinski definition) is 1. The molecule has 2 aliphatic rings.